The van der Waals surface area contributed by atoms with Crippen LogP contribution in [0.1, 0.15) is 19.0 Å². The molecule has 0 saturated carbocycles. The van der Waals surface area contributed by atoms with Crippen LogP contribution < -0.4 is 11.1 Å². The summed E-state index contributed by atoms with van der Waals surface area (Å²) in [6, 6.07) is 0. The summed E-state index contributed by atoms with van der Waals surface area (Å²) in [5.74, 6) is 0.782. The molecule has 4 atom stereocenters. The number of nitrogens with one attached hydrogen (secondary N) is 1. The van der Waals surface area contributed by atoms with Crippen molar-refractivity contribution in [1.82, 2.24) is 29.7 Å². The quantitative estimate of drug-likeness (QED) is 0.400. The zero-order valence-electron chi connectivity index (χ0n) is 17.8. The van der Waals surface area contributed by atoms with Crippen molar-refractivity contribution in [2.24, 2.45) is 0 Å². The number of fused-ring (bicyclic) bond motifs is 1. The number of ether oxygens (including phenoxy) is 2. The van der Waals surface area contributed by atoms with Gasteiger partial charge in [0.2, 0.25) is 0 Å². The van der Waals surface area contributed by atoms with Crippen LogP contribution in [-0.4, -0.2) is 92.3 Å². The predicted molar refractivity (Wildman–Crippen MR) is 112 cm³/mol. The van der Waals surface area contributed by atoms with Crippen LogP contribution in [0.15, 0.2) is 18.5 Å². The van der Waals surface area contributed by atoms with Gasteiger partial charge in [0.15, 0.2) is 23.2 Å². The smallest absolute Gasteiger partial charge is 0.407 e. The van der Waals surface area contributed by atoms with Crippen LogP contribution in [0, 0.1) is 6.92 Å². The van der Waals surface area contributed by atoms with E-state index in [-0.39, 0.29) is 5.82 Å². The summed E-state index contributed by atoms with van der Waals surface area (Å²) in [6.07, 6.45) is 0.840. The lowest BCUT2D eigenvalue weighted by atomic mass is 10.1. The molecule has 2 aromatic rings. The minimum atomic E-state index is -1.16. The Balaban J connectivity index is 1.59. The molecular formula is C19H29N7O5. The Bertz CT molecular complexity index is 934. The molecule has 1 amide bonds. The highest BCUT2D eigenvalue weighted by Gasteiger charge is 2.45. The van der Waals surface area contributed by atoms with Crippen molar-refractivity contribution in [2.45, 2.75) is 38.4 Å². The molecule has 1 fully saturated rings. The second kappa shape index (κ2) is 10.0. The molecule has 1 aliphatic rings. The number of alkyl carbamates (subject to hydrolysis) is 1. The van der Waals surface area contributed by atoms with Crippen molar-refractivity contribution in [3.05, 3.63) is 24.3 Å². The number of nitrogens with zero attached hydrogens (tertiary/aromatic N) is 5. The molecule has 0 bridgehead atoms. The zero-order valence-corrected chi connectivity index (χ0v) is 17.8. The molecule has 0 aliphatic carbocycles. The summed E-state index contributed by atoms with van der Waals surface area (Å²) in [7, 11) is 1.87. The number of nitrogens with two attached hydrogens (primary N) is 1. The van der Waals surface area contributed by atoms with Crippen LogP contribution >= 0.6 is 0 Å². The number of aryl methyl sites for hydroxylation is 1. The predicted octanol–water partition coefficient (Wildman–Crippen LogP) is -0.430. The first-order valence-corrected chi connectivity index (χ1v) is 10.0. The molecule has 5 N–H and O–H groups in total. The number of hydrogen-bond acceptors (Lipinski definition) is 10. The van der Waals surface area contributed by atoms with E-state index in [2.05, 4.69) is 20.3 Å². The van der Waals surface area contributed by atoms with Gasteiger partial charge in [-0.25, -0.2) is 19.7 Å². The topological polar surface area (TPSA) is 161 Å². The van der Waals surface area contributed by atoms with Crippen molar-refractivity contribution >= 4 is 23.1 Å². The monoisotopic (exact) mass is 435 g/mol. The van der Waals surface area contributed by atoms with E-state index >= 15 is 0 Å². The molecule has 0 aromatic carbocycles. The maximum Gasteiger partial charge on any atom is 0.407 e. The van der Waals surface area contributed by atoms with Crippen molar-refractivity contribution < 1.29 is 24.5 Å². The summed E-state index contributed by atoms with van der Waals surface area (Å²) in [6.45, 7) is 5.11. The summed E-state index contributed by atoms with van der Waals surface area (Å²) < 4.78 is 12.4. The first kappa shape index (κ1) is 22.9. The third kappa shape index (κ3) is 5.10. The summed E-state index contributed by atoms with van der Waals surface area (Å²) >= 11 is 0. The third-order valence-electron chi connectivity index (χ3n) is 4.99. The van der Waals surface area contributed by atoms with Crippen LogP contribution in [0.2, 0.25) is 0 Å². The second-order valence-corrected chi connectivity index (χ2v) is 7.30. The van der Waals surface area contributed by atoms with E-state index in [1.54, 1.807) is 18.4 Å². The van der Waals surface area contributed by atoms with Crippen LogP contribution in [0.25, 0.3) is 11.2 Å². The van der Waals surface area contributed by atoms with Gasteiger partial charge in [-0.3, -0.25) is 4.57 Å². The second-order valence-electron chi connectivity index (χ2n) is 7.30. The molecule has 1 saturated heterocycles. The lowest BCUT2D eigenvalue weighted by Crippen LogP contribution is -2.38. The number of hydrogen-bond donors (Lipinski definition) is 4. The van der Waals surface area contributed by atoms with Crippen molar-refractivity contribution in [1.29, 1.82) is 0 Å². The molecule has 1 aliphatic heterocycles. The molecule has 3 rings (SSSR count). The largest absolute Gasteiger partial charge is 0.450 e. The zero-order chi connectivity index (χ0) is 22.5. The van der Waals surface area contributed by atoms with E-state index in [0.717, 1.165) is 0 Å². The number of carbonyl (C=O) groups is 1. The number of aliphatic hydroxyl groups is 2. The number of carbonyl (C=O) groups excluding carboxylic acids is 1. The molecule has 2 aromatic heterocycles. The van der Waals surface area contributed by atoms with Crippen molar-refractivity contribution in [3.8, 4) is 0 Å². The van der Waals surface area contributed by atoms with Gasteiger partial charge in [-0.15, -0.1) is 0 Å². The first-order chi connectivity index (χ1) is 14.8. The standard InChI is InChI=1S/C19H29N7O5/c1-4-30-19(29)21-7-5-6-8-25(3)9-12-14(27)15(28)18(31-12)26-11(2)24-13-16(20)22-10-23-17(13)26/h5-6,10,12,14-15,18,27-28H,4,7-9H2,1-3H3,(H,21,29)(H2,20,22,23)/b6-5-/t12-,14-,15-,18-/m1/s1. The van der Waals surface area contributed by atoms with Gasteiger partial charge >= 0.3 is 6.09 Å². The van der Waals surface area contributed by atoms with Gasteiger partial charge in [0.05, 0.1) is 6.61 Å². The lowest BCUT2D eigenvalue weighted by Gasteiger charge is -2.21. The van der Waals surface area contributed by atoms with Gasteiger partial charge < -0.3 is 35.6 Å². The van der Waals surface area contributed by atoms with Gasteiger partial charge in [-0.05, 0) is 20.9 Å². The number of imidazole rings is 1. The third-order valence-corrected chi connectivity index (χ3v) is 4.99. The number of amides is 1. The van der Waals surface area contributed by atoms with Crippen molar-refractivity contribution in [3.63, 3.8) is 0 Å². The highest BCUT2D eigenvalue weighted by Crippen LogP contribution is 2.33. The minimum absolute atomic E-state index is 0.236. The number of aliphatic hydroxyl groups excluding tert-OH is 2. The molecule has 0 unspecified atom stereocenters. The molecule has 170 valence electrons. The van der Waals surface area contributed by atoms with Gasteiger partial charge in [-0.2, -0.15) is 0 Å². The lowest BCUT2D eigenvalue weighted by molar-refractivity contribution is -0.0424. The SMILES string of the molecule is CCOC(=O)NC/C=C\CN(C)C[C@H]1O[C@@H](n2c(C)nc3c(N)ncnc32)[C@H](O)[C@@H]1O. The Labute approximate surface area is 179 Å². The molecule has 3 heterocycles. The number of likely N-dealkylation sites (N-methyl/N-ethyl adjacent to an activating group) is 1. The molecule has 12 heteroatoms. The van der Waals surface area contributed by atoms with E-state index < -0.39 is 30.6 Å². The highest BCUT2D eigenvalue weighted by molar-refractivity contribution is 5.81. The number of aromatic nitrogens is 4. The molecule has 0 spiro atoms. The average Bonchev–Trinajstić information content (AvgIpc) is 3.19. The van der Waals surface area contributed by atoms with E-state index in [1.807, 2.05) is 24.1 Å². The maximum atomic E-state index is 11.2. The van der Waals surface area contributed by atoms with E-state index in [9.17, 15) is 15.0 Å². The Kier molecular flexibility index (Phi) is 7.38. The highest BCUT2D eigenvalue weighted by atomic mass is 16.6. The summed E-state index contributed by atoms with van der Waals surface area (Å²) in [5, 5.41) is 23.8. The average molecular weight is 435 g/mol. The van der Waals surface area contributed by atoms with E-state index in [1.165, 1.54) is 6.33 Å². The van der Waals surface area contributed by atoms with Gasteiger partial charge in [0.1, 0.15) is 30.5 Å². The minimum Gasteiger partial charge on any atom is -0.450 e. The fraction of sp³-hybridized carbons (Fsp3) is 0.579. The fourth-order valence-corrected chi connectivity index (χ4v) is 3.48. The van der Waals surface area contributed by atoms with E-state index in [4.69, 9.17) is 15.2 Å². The maximum absolute atomic E-state index is 11.2. The van der Waals surface area contributed by atoms with Gasteiger partial charge in [0.25, 0.3) is 0 Å². The van der Waals surface area contributed by atoms with Crippen LogP contribution in [-0.2, 0) is 9.47 Å². The Morgan fingerprint density at radius 2 is 2.16 bits per heavy atom. The summed E-state index contributed by atoms with van der Waals surface area (Å²) in [4.78, 5) is 25.7. The molecule has 0 radical (unpaired) electrons. The number of anilines is 1. The molecule has 12 nitrogen and oxygen atoms in total. The van der Waals surface area contributed by atoms with Crippen LogP contribution in [0.3, 0.4) is 0 Å². The Hall–Kier alpha value is -2.80. The van der Waals surface area contributed by atoms with E-state index in [0.29, 0.717) is 43.2 Å². The van der Waals surface area contributed by atoms with Crippen LogP contribution in [0.4, 0.5) is 10.6 Å². The fourth-order valence-electron chi connectivity index (χ4n) is 3.48. The Morgan fingerprint density at radius 1 is 1.39 bits per heavy atom. The molecular weight excluding hydrogens is 406 g/mol. The Morgan fingerprint density at radius 3 is 2.90 bits per heavy atom. The first-order valence-electron chi connectivity index (χ1n) is 10.0. The van der Waals surface area contributed by atoms with Gasteiger partial charge in [-0.1, -0.05) is 12.2 Å². The number of rotatable bonds is 8. The van der Waals surface area contributed by atoms with Gasteiger partial charge in [0, 0.05) is 19.6 Å². The number of nitrogen functional groups attached to an aromatic ring is 1. The summed E-state index contributed by atoms with van der Waals surface area (Å²) in [5.41, 5.74) is 6.73. The van der Waals surface area contributed by atoms with Crippen molar-refractivity contribution in [2.75, 3.05) is 39.0 Å². The van der Waals surface area contributed by atoms with Crippen LogP contribution in [0.5, 0.6) is 0 Å². The normalized spacial score (nSPS) is 23.8. The molecule has 31 heavy (non-hydrogen) atoms.